The molecule has 3 rings (SSSR count). The van der Waals surface area contributed by atoms with Gasteiger partial charge in [0.15, 0.2) is 0 Å². The average molecular weight is 271 g/mol. The van der Waals surface area contributed by atoms with E-state index in [1.807, 2.05) is 12.1 Å². The second-order valence-electron chi connectivity index (χ2n) is 4.33. The molecule has 2 aromatic rings. The number of nitrogens with zero attached hydrogens (tertiary/aromatic N) is 1. The molecule has 96 valence electrons. The van der Waals surface area contributed by atoms with Crippen molar-refractivity contribution in [3.63, 3.8) is 0 Å². The van der Waals surface area contributed by atoms with E-state index in [9.17, 15) is 4.79 Å². The molecule has 2 aromatic heterocycles. The van der Waals surface area contributed by atoms with E-state index in [0.29, 0.717) is 17.1 Å². The molecule has 0 spiro atoms. The van der Waals surface area contributed by atoms with Gasteiger partial charge in [-0.2, -0.15) is 0 Å². The Morgan fingerprint density at radius 2 is 2.32 bits per heavy atom. The van der Waals surface area contributed by atoms with Crippen LogP contribution in [0.5, 0.6) is 0 Å². The standard InChI is InChI=1S/C14H13N3OS/c1-2-9-3-4-10(19-9)6-12-11-5-8(15)7-16-13(11)17-14(12)18/h3-7H,2,15H2,1H3,(H,16,17,18). The Labute approximate surface area is 115 Å². The third-order valence-corrected chi connectivity index (χ3v) is 4.17. The van der Waals surface area contributed by atoms with Crippen LogP contribution in [0.25, 0.3) is 11.6 Å². The summed E-state index contributed by atoms with van der Waals surface area (Å²) in [6.45, 7) is 2.12. The van der Waals surface area contributed by atoms with E-state index in [1.165, 1.54) is 4.88 Å². The van der Waals surface area contributed by atoms with E-state index in [-0.39, 0.29) is 5.91 Å². The van der Waals surface area contributed by atoms with Crippen LogP contribution < -0.4 is 11.1 Å². The van der Waals surface area contributed by atoms with Gasteiger partial charge in [-0.05, 0) is 30.7 Å². The second kappa shape index (κ2) is 4.51. The molecule has 0 bridgehead atoms. The molecule has 5 heteroatoms. The first-order valence-electron chi connectivity index (χ1n) is 6.05. The maximum Gasteiger partial charge on any atom is 0.257 e. The summed E-state index contributed by atoms with van der Waals surface area (Å²) in [7, 11) is 0. The molecule has 3 heterocycles. The first kappa shape index (κ1) is 11.9. The summed E-state index contributed by atoms with van der Waals surface area (Å²) >= 11 is 1.69. The highest BCUT2D eigenvalue weighted by atomic mass is 32.1. The molecule has 0 saturated heterocycles. The summed E-state index contributed by atoms with van der Waals surface area (Å²) in [4.78, 5) is 18.5. The van der Waals surface area contributed by atoms with E-state index in [4.69, 9.17) is 5.73 Å². The lowest BCUT2D eigenvalue weighted by Gasteiger charge is -1.98. The van der Waals surface area contributed by atoms with Gasteiger partial charge in [0.05, 0.1) is 17.5 Å². The van der Waals surface area contributed by atoms with Gasteiger partial charge in [0, 0.05) is 15.3 Å². The van der Waals surface area contributed by atoms with Crippen molar-refractivity contribution in [2.24, 2.45) is 0 Å². The number of rotatable bonds is 2. The second-order valence-corrected chi connectivity index (χ2v) is 5.53. The molecule has 19 heavy (non-hydrogen) atoms. The summed E-state index contributed by atoms with van der Waals surface area (Å²) in [6, 6.07) is 5.89. The molecule has 1 aliphatic rings. The number of fused-ring (bicyclic) bond motifs is 1. The van der Waals surface area contributed by atoms with Crippen molar-refractivity contribution < 1.29 is 4.79 Å². The third-order valence-electron chi connectivity index (χ3n) is 2.99. The zero-order chi connectivity index (χ0) is 13.4. The fraction of sp³-hybridized carbons (Fsp3) is 0.143. The fourth-order valence-electron chi connectivity index (χ4n) is 2.03. The monoisotopic (exact) mass is 271 g/mol. The van der Waals surface area contributed by atoms with Crippen LogP contribution in [0.2, 0.25) is 0 Å². The quantitative estimate of drug-likeness (QED) is 0.825. The van der Waals surface area contributed by atoms with Gasteiger partial charge >= 0.3 is 0 Å². The fourth-order valence-corrected chi connectivity index (χ4v) is 2.93. The minimum atomic E-state index is -0.125. The Morgan fingerprint density at radius 1 is 1.47 bits per heavy atom. The third kappa shape index (κ3) is 2.13. The lowest BCUT2D eigenvalue weighted by molar-refractivity contribution is -0.110. The SMILES string of the molecule is CCc1ccc(C=C2C(=O)Nc3ncc(N)cc32)s1. The molecular formula is C14H13N3OS. The molecule has 0 aliphatic carbocycles. The smallest absolute Gasteiger partial charge is 0.257 e. The van der Waals surface area contributed by atoms with Gasteiger partial charge in [-0.1, -0.05) is 6.92 Å². The van der Waals surface area contributed by atoms with Crippen molar-refractivity contribution in [1.29, 1.82) is 0 Å². The largest absolute Gasteiger partial charge is 0.397 e. The average Bonchev–Trinajstić information content (AvgIpc) is 2.96. The minimum Gasteiger partial charge on any atom is -0.397 e. The molecule has 0 atom stereocenters. The van der Waals surface area contributed by atoms with Crippen molar-refractivity contribution in [3.05, 3.63) is 39.7 Å². The highest BCUT2D eigenvalue weighted by molar-refractivity contribution is 7.13. The topological polar surface area (TPSA) is 68.0 Å². The van der Waals surface area contributed by atoms with E-state index < -0.39 is 0 Å². The van der Waals surface area contributed by atoms with Crippen LogP contribution in [0, 0.1) is 0 Å². The summed E-state index contributed by atoms with van der Waals surface area (Å²) in [5.41, 5.74) is 7.69. The Bertz CT molecular complexity index is 688. The number of nitrogen functional groups attached to an aromatic ring is 1. The Kier molecular flexibility index (Phi) is 2.83. The molecule has 1 amide bonds. The molecule has 0 aromatic carbocycles. The normalized spacial score (nSPS) is 15.6. The Balaban J connectivity index is 2.06. The number of pyridine rings is 1. The number of anilines is 2. The molecule has 3 N–H and O–H groups in total. The molecule has 0 unspecified atom stereocenters. The van der Waals surface area contributed by atoms with E-state index in [2.05, 4.69) is 23.3 Å². The first-order valence-corrected chi connectivity index (χ1v) is 6.86. The zero-order valence-corrected chi connectivity index (χ0v) is 11.3. The van der Waals surface area contributed by atoms with Crippen LogP contribution in [0.4, 0.5) is 11.5 Å². The van der Waals surface area contributed by atoms with Gasteiger partial charge in [-0.25, -0.2) is 4.98 Å². The van der Waals surface area contributed by atoms with Crippen molar-refractivity contribution in [2.45, 2.75) is 13.3 Å². The molecule has 4 nitrogen and oxygen atoms in total. The molecular weight excluding hydrogens is 258 g/mol. The van der Waals surface area contributed by atoms with Crippen LogP contribution in [0.1, 0.15) is 22.2 Å². The van der Waals surface area contributed by atoms with Crippen molar-refractivity contribution in [1.82, 2.24) is 4.98 Å². The number of nitrogens with one attached hydrogen (secondary N) is 1. The highest BCUT2D eigenvalue weighted by Gasteiger charge is 2.25. The van der Waals surface area contributed by atoms with Gasteiger partial charge in [0.25, 0.3) is 5.91 Å². The number of nitrogens with two attached hydrogens (primary N) is 1. The molecule has 0 fully saturated rings. The lowest BCUT2D eigenvalue weighted by atomic mass is 10.1. The summed E-state index contributed by atoms with van der Waals surface area (Å²) in [5.74, 6) is 0.456. The van der Waals surface area contributed by atoms with Crippen LogP contribution in [0.15, 0.2) is 24.4 Å². The van der Waals surface area contributed by atoms with E-state index in [1.54, 1.807) is 23.6 Å². The minimum absolute atomic E-state index is 0.125. The number of aromatic nitrogens is 1. The zero-order valence-electron chi connectivity index (χ0n) is 10.4. The van der Waals surface area contributed by atoms with Gasteiger partial charge in [0.1, 0.15) is 5.82 Å². The Morgan fingerprint density at radius 3 is 3.05 bits per heavy atom. The summed E-state index contributed by atoms with van der Waals surface area (Å²) < 4.78 is 0. The van der Waals surface area contributed by atoms with Gasteiger partial charge in [0.2, 0.25) is 0 Å². The van der Waals surface area contributed by atoms with Crippen LogP contribution >= 0.6 is 11.3 Å². The van der Waals surface area contributed by atoms with E-state index in [0.717, 1.165) is 16.9 Å². The predicted octanol–water partition coefficient (Wildman–Crippen LogP) is 2.78. The number of aryl methyl sites for hydroxylation is 1. The number of amides is 1. The number of carbonyl (C=O) groups excluding carboxylic acids is 1. The molecule has 0 radical (unpaired) electrons. The maximum absolute atomic E-state index is 12.0. The highest BCUT2D eigenvalue weighted by Crippen LogP contribution is 2.33. The van der Waals surface area contributed by atoms with Crippen molar-refractivity contribution in [3.8, 4) is 0 Å². The van der Waals surface area contributed by atoms with Crippen molar-refractivity contribution in [2.75, 3.05) is 11.1 Å². The number of thiophene rings is 1. The lowest BCUT2D eigenvalue weighted by Crippen LogP contribution is -2.04. The van der Waals surface area contributed by atoms with Gasteiger partial charge in [-0.15, -0.1) is 11.3 Å². The summed E-state index contributed by atoms with van der Waals surface area (Å²) in [6.07, 6.45) is 4.44. The van der Waals surface area contributed by atoms with Crippen LogP contribution in [-0.4, -0.2) is 10.9 Å². The van der Waals surface area contributed by atoms with Gasteiger partial charge in [-0.3, -0.25) is 4.79 Å². The number of carbonyl (C=O) groups is 1. The van der Waals surface area contributed by atoms with Crippen molar-refractivity contribution >= 4 is 40.4 Å². The Hall–Kier alpha value is -2.14. The first-order chi connectivity index (χ1) is 9.17. The predicted molar refractivity (Wildman–Crippen MR) is 78.8 cm³/mol. The molecule has 0 saturated carbocycles. The summed E-state index contributed by atoms with van der Waals surface area (Å²) in [5, 5.41) is 2.75. The van der Waals surface area contributed by atoms with E-state index >= 15 is 0 Å². The number of hydrogen-bond acceptors (Lipinski definition) is 4. The van der Waals surface area contributed by atoms with Crippen LogP contribution in [0.3, 0.4) is 0 Å². The maximum atomic E-state index is 12.0. The number of hydrogen-bond donors (Lipinski definition) is 2. The molecule has 1 aliphatic heterocycles. The van der Waals surface area contributed by atoms with Crippen LogP contribution in [-0.2, 0) is 11.2 Å². The van der Waals surface area contributed by atoms with Gasteiger partial charge < -0.3 is 11.1 Å².